The van der Waals surface area contributed by atoms with E-state index in [2.05, 4.69) is 5.32 Å². The average Bonchev–Trinajstić information content (AvgIpc) is 2.96. The first-order chi connectivity index (χ1) is 18.9. The first-order valence-electron chi connectivity index (χ1n) is 12.3. The van der Waals surface area contributed by atoms with E-state index in [9.17, 15) is 18.8 Å². The van der Waals surface area contributed by atoms with Crippen LogP contribution < -0.4 is 11.1 Å². The highest BCUT2D eigenvalue weighted by atomic mass is 19.1. The number of anilines is 1. The van der Waals surface area contributed by atoms with Crippen LogP contribution >= 0.6 is 0 Å². The van der Waals surface area contributed by atoms with Gasteiger partial charge in [-0.2, -0.15) is 0 Å². The zero-order chi connectivity index (χ0) is 27.6. The molecule has 0 heterocycles. The van der Waals surface area contributed by atoms with Gasteiger partial charge < -0.3 is 20.5 Å². The second-order valence-corrected chi connectivity index (χ2v) is 8.81. The van der Waals surface area contributed by atoms with Crippen LogP contribution in [0.1, 0.15) is 37.4 Å². The van der Waals surface area contributed by atoms with Crippen LogP contribution in [0.2, 0.25) is 0 Å². The molecule has 4 aromatic carbocycles. The van der Waals surface area contributed by atoms with Crippen LogP contribution in [0.5, 0.6) is 0 Å². The Labute approximate surface area is 225 Å². The zero-order valence-electron chi connectivity index (χ0n) is 21.0. The van der Waals surface area contributed by atoms with Gasteiger partial charge in [-0.25, -0.2) is 14.0 Å². The molecule has 0 aliphatic carbocycles. The number of amides is 1. The number of halogens is 1. The number of nitrogens with two attached hydrogens (primary N) is 1. The lowest BCUT2D eigenvalue weighted by molar-refractivity contribution is -0.117. The van der Waals surface area contributed by atoms with Crippen molar-refractivity contribution in [3.8, 4) is 0 Å². The Morgan fingerprint density at radius 2 is 1.21 bits per heavy atom. The van der Waals surface area contributed by atoms with Crippen molar-refractivity contribution >= 4 is 23.5 Å². The van der Waals surface area contributed by atoms with Crippen molar-refractivity contribution < 1.29 is 28.2 Å². The van der Waals surface area contributed by atoms with Crippen molar-refractivity contribution in [1.29, 1.82) is 0 Å². The molecule has 0 bridgehead atoms. The van der Waals surface area contributed by atoms with Gasteiger partial charge in [0.25, 0.3) is 0 Å². The van der Waals surface area contributed by atoms with Gasteiger partial charge in [0.15, 0.2) is 0 Å². The van der Waals surface area contributed by atoms with E-state index in [0.717, 1.165) is 11.1 Å². The maximum absolute atomic E-state index is 14.0. The summed E-state index contributed by atoms with van der Waals surface area (Å²) in [5, 5.41) is 2.62. The van der Waals surface area contributed by atoms with Gasteiger partial charge in [0.1, 0.15) is 19.0 Å². The summed E-state index contributed by atoms with van der Waals surface area (Å²) in [7, 11) is 0. The SMILES string of the molecule is N[C@H](Cc1ccccc1F)C(=O)Nc1cc(C(=O)OCc2ccccc2)cc(C(=O)OCc2ccccc2)c1. The lowest BCUT2D eigenvalue weighted by atomic mass is 10.0. The van der Waals surface area contributed by atoms with Crippen molar-refractivity contribution in [2.75, 3.05) is 5.32 Å². The fourth-order valence-corrected chi connectivity index (χ4v) is 3.78. The largest absolute Gasteiger partial charge is 0.457 e. The maximum atomic E-state index is 14.0. The molecular weight excluding hydrogens is 499 g/mol. The number of esters is 2. The number of nitrogens with one attached hydrogen (secondary N) is 1. The topological polar surface area (TPSA) is 108 Å². The average molecular weight is 527 g/mol. The fourth-order valence-electron chi connectivity index (χ4n) is 3.78. The Bertz CT molecular complexity index is 1370. The van der Waals surface area contributed by atoms with Gasteiger partial charge in [-0.05, 0) is 47.4 Å². The van der Waals surface area contributed by atoms with Crippen LogP contribution in [0.4, 0.5) is 10.1 Å². The summed E-state index contributed by atoms with van der Waals surface area (Å²) < 4.78 is 24.8. The van der Waals surface area contributed by atoms with Crippen molar-refractivity contribution in [1.82, 2.24) is 0 Å². The molecule has 8 heteroatoms. The lowest BCUT2D eigenvalue weighted by Gasteiger charge is -2.15. The molecule has 39 heavy (non-hydrogen) atoms. The molecule has 0 spiro atoms. The van der Waals surface area contributed by atoms with Gasteiger partial charge in [0.05, 0.1) is 17.2 Å². The Balaban J connectivity index is 1.52. The highest BCUT2D eigenvalue weighted by Gasteiger charge is 2.20. The third-order valence-corrected chi connectivity index (χ3v) is 5.83. The van der Waals surface area contributed by atoms with Gasteiger partial charge in [-0.3, -0.25) is 4.79 Å². The first kappa shape index (κ1) is 27.2. The molecule has 0 fully saturated rings. The molecular formula is C31H27FN2O5. The monoisotopic (exact) mass is 526 g/mol. The molecule has 198 valence electrons. The van der Waals surface area contributed by atoms with E-state index < -0.39 is 29.7 Å². The molecule has 1 atom stereocenters. The maximum Gasteiger partial charge on any atom is 0.338 e. The minimum absolute atomic E-state index is 0.0254. The van der Waals surface area contributed by atoms with E-state index in [4.69, 9.17) is 15.2 Å². The standard InChI is InChI=1S/C31H27FN2O5/c32-27-14-8-7-13-23(27)18-28(33)29(35)34-26-16-24(30(36)38-19-21-9-3-1-4-10-21)15-25(17-26)31(37)39-20-22-11-5-2-6-12-22/h1-17,28H,18-20,33H2,(H,34,35)/t28-/m1/s1. The van der Waals surface area contributed by atoms with E-state index in [1.807, 2.05) is 60.7 Å². The Morgan fingerprint density at radius 1 is 0.718 bits per heavy atom. The molecule has 1 amide bonds. The second-order valence-electron chi connectivity index (χ2n) is 8.81. The lowest BCUT2D eigenvalue weighted by Crippen LogP contribution is -2.37. The van der Waals surface area contributed by atoms with Crippen LogP contribution in [0.15, 0.2) is 103 Å². The third kappa shape index (κ3) is 7.83. The molecule has 0 radical (unpaired) electrons. The molecule has 3 N–H and O–H groups in total. The van der Waals surface area contributed by atoms with Crippen LogP contribution in [-0.4, -0.2) is 23.9 Å². The van der Waals surface area contributed by atoms with E-state index in [1.165, 1.54) is 24.3 Å². The number of hydrogen-bond donors (Lipinski definition) is 2. The molecule has 7 nitrogen and oxygen atoms in total. The number of rotatable bonds is 10. The summed E-state index contributed by atoms with van der Waals surface area (Å²) >= 11 is 0. The van der Waals surface area contributed by atoms with E-state index >= 15 is 0 Å². The summed E-state index contributed by atoms with van der Waals surface area (Å²) in [5.74, 6) is -2.46. The number of benzene rings is 4. The number of ether oxygens (including phenoxy) is 2. The predicted octanol–water partition coefficient (Wildman–Crippen LogP) is 5.05. The number of carbonyl (C=O) groups excluding carboxylic acids is 3. The summed E-state index contributed by atoms with van der Waals surface area (Å²) in [6.07, 6.45) is -0.0384. The molecule has 4 aromatic rings. The van der Waals surface area contributed by atoms with Crippen LogP contribution in [-0.2, 0) is 33.9 Å². The van der Waals surface area contributed by atoms with Gasteiger partial charge >= 0.3 is 11.9 Å². The van der Waals surface area contributed by atoms with Crippen molar-refractivity contribution in [3.63, 3.8) is 0 Å². The zero-order valence-corrected chi connectivity index (χ0v) is 21.0. The fraction of sp³-hybridized carbons (Fsp3) is 0.129. The molecule has 4 rings (SSSR count). The highest BCUT2D eigenvalue weighted by molar-refractivity contribution is 6.00. The second kappa shape index (κ2) is 13.1. The Kier molecular flexibility index (Phi) is 9.16. The summed E-state index contributed by atoms with van der Waals surface area (Å²) in [4.78, 5) is 38.6. The molecule has 0 aromatic heterocycles. The smallest absolute Gasteiger partial charge is 0.338 e. The predicted molar refractivity (Wildman–Crippen MR) is 144 cm³/mol. The van der Waals surface area contributed by atoms with Crippen LogP contribution in [0.3, 0.4) is 0 Å². The van der Waals surface area contributed by atoms with Gasteiger partial charge in [0.2, 0.25) is 5.91 Å². The summed E-state index contributed by atoms with van der Waals surface area (Å²) in [5.41, 5.74) is 8.12. The molecule has 0 saturated heterocycles. The van der Waals surface area contributed by atoms with Crippen molar-refractivity contribution in [2.45, 2.75) is 25.7 Å². The van der Waals surface area contributed by atoms with E-state index in [1.54, 1.807) is 18.2 Å². The van der Waals surface area contributed by atoms with E-state index in [0.29, 0.717) is 5.56 Å². The van der Waals surface area contributed by atoms with Crippen LogP contribution in [0, 0.1) is 5.82 Å². The quantitative estimate of drug-likeness (QED) is 0.280. The molecule has 0 aliphatic heterocycles. The first-order valence-corrected chi connectivity index (χ1v) is 12.3. The van der Waals surface area contributed by atoms with E-state index in [-0.39, 0.29) is 36.4 Å². The van der Waals surface area contributed by atoms with Crippen LogP contribution in [0.25, 0.3) is 0 Å². The highest BCUT2D eigenvalue weighted by Crippen LogP contribution is 2.19. The van der Waals surface area contributed by atoms with Gasteiger partial charge in [0, 0.05) is 5.69 Å². The third-order valence-electron chi connectivity index (χ3n) is 5.83. The number of carbonyl (C=O) groups is 3. The molecule has 0 aliphatic rings. The van der Waals surface area contributed by atoms with Crippen molar-refractivity contribution in [2.24, 2.45) is 5.73 Å². The summed E-state index contributed by atoms with van der Waals surface area (Å²) in [6, 6.07) is 27.3. The normalized spacial score (nSPS) is 11.3. The number of hydrogen-bond acceptors (Lipinski definition) is 6. The van der Waals surface area contributed by atoms with Crippen molar-refractivity contribution in [3.05, 3.63) is 137 Å². The molecule has 0 unspecified atom stereocenters. The minimum Gasteiger partial charge on any atom is -0.457 e. The van der Waals surface area contributed by atoms with Gasteiger partial charge in [-0.1, -0.05) is 78.9 Å². The Hall–Kier alpha value is -4.82. The molecule has 0 saturated carbocycles. The minimum atomic E-state index is -1.08. The Morgan fingerprint density at radius 3 is 1.72 bits per heavy atom. The summed E-state index contributed by atoms with van der Waals surface area (Å²) in [6.45, 7) is 0.0507. The van der Waals surface area contributed by atoms with Gasteiger partial charge in [-0.15, -0.1) is 0 Å².